The SMILES string of the molecule is CN1CC[C@@H](NC(=O)N2CC3(CCOCC3)c3ccccc32)C1=O. The number of benzene rings is 1. The van der Waals surface area contributed by atoms with Gasteiger partial charge in [-0.25, -0.2) is 4.79 Å². The molecule has 1 spiro atoms. The maximum atomic E-state index is 12.9. The van der Waals surface area contributed by atoms with Crippen molar-refractivity contribution in [3.63, 3.8) is 0 Å². The number of ether oxygens (including phenoxy) is 1. The lowest BCUT2D eigenvalue weighted by Gasteiger charge is -2.34. The van der Waals surface area contributed by atoms with E-state index in [1.807, 2.05) is 23.1 Å². The highest BCUT2D eigenvalue weighted by molar-refractivity contribution is 5.98. The Kier molecular flexibility index (Phi) is 3.72. The summed E-state index contributed by atoms with van der Waals surface area (Å²) in [5.41, 5.74) is 2.19. The highest BCUT2D eigenvalue weighted by Gasteiger charge is 2.46. The van der Waals surface area contributed by atoms with Crippen molar-refractivity contribution in [2.75, 3.05) is 38.3 Å². The van der Waals surface area contributed by atoms with Gasteiger partial charge in [-0.1, -0.05) is 18.2 Å². The van der Waals surface area contributed by atoms with Crippen molar-refractivity contribution in [3.8, 4) is 0 Å². The smallest absolute Gasteiger partial charge is 0.322 e. The molecule has 0 aliphatic carbocycles. The van der Waals surface area contributed by atoms with Crippen LogP contribution in [0.15, 0.2) is 24.3 Å². The van der Waals surface area contributed by atoms with Crippen molar-refractivity contribution >= 4 is 17.6 Å². The molecule has 4 rings (SSSR count). The molecule has 1 atom stereocenters. The Labute approximate surface area is 141 Å². The van der Waals surface area contributed by atoms with Gasteiger partial charge in [0.25, 0.3) is 0 Å². The largest absolute Gasteiger partial charge is 0.381 e. The lowest BCUT2D eigenvalue weighted by Crippen LogP contribution is -2.49. The van der Waals surface area contributed by atoms with E-state index >= 15 is 0 Å². The molecule has 0 radical (unpaired) electrons. The van der Waals surface area contributed by atoms with Crippen LogP contribution in [0.1, 0.15) is 24.8 Å². The van der Waals surface area contributed by atoms with Crippen LogP contribution in [0.2, 0.25) is 0 Å². The summed E-state index contributed by atoms with van der Waals surface area (Å²) in [7, 11) is 1.77. The maximum Gasteiger partial charge on any atom is 0.322 e. The third kappa shape index (κ3) is 2.36. The molecule has 24 heavy (non-hydrogen) atoms. The maximum absolute atomic E-state index is 12.9. The first kappa shape index (κ1) is 15.4. The number of nitrogens with one attached hydrogen (secondary N) is 1. The number of carbonyl (C=O) groups is 2. The Hall–Kier alpha value is -2.08. The number of fused-ring (bicyclic) bond motifs is 2. The van der Waals surface area contributed by atoms with E-state index in [4.69, 9.17) is 4.74 Å². The number of rotatable bonds is 1. The van der Waals surface area contributed by atoms with Gasteiger partial charge in [0.2, 0.25) is 5.91 Å². The van der Waals surface area contributed by atoms with Crippen LogP contribution in [0.4, 0.5) is 10.5 Å². The second-order valence-corrected chi connectivity index (χ2v) is 7.05. The van der Waals surface area contributed by atoms with E-state index in [0.717, 1.165) is 31.7 Å². The van der Waals surface area contributed by atoms with Crippen molar-refractivity contribution in [1.29, 1.82) is 0 Å². The molecule has 1 aromatic carbocycles. The van der Waals surface area contributed by atoms with Gasteiger partial charge < -0.3 is 15.0 Å². The predicted molar refractivity (Wildman–Crippen MR) is 90.1 cm³/mol. The highest BCUT2D eigenvalue weighted by atomic mass is 16.5. The zero-order chi connectivity index (χ0) is 16.7. The number of likely N-dealkylation sites (tertiary alicyclic amines) is 1. The molecule has 6 heteroatoms. The van der Waals surface area contributed by atoms with E-state index in [1.54, 1.807) is 11.9 Å². The Morgan fingerprint density at radius 1 is 1.29 bits per heavy atom. The van der Waals surface area contributed by atoms with Gasteiger partial charge in [0.15, 0.2) is 0 Å². The normalized spacial score (nSPS) is 25.2. The van der Waals surface area contributed by atoms with Gasteiger partial charge in [-0.3, -0.25) is 9.69 Å². The molecular formula is C18H23N3O3. The fourth-order valence-electron chi connectivity index (χ4n) is 4.18. The average Bonchev–Trinajstić information content (AvgIpc) is 3.09. The summed E-state index contributed by atoms with van der Waals surface area (Å²) in [5, 5.41) is 2.93. The van der Waals surface area contributed by atoms with Gasteiger partial charge in [0.1, 0.15) is 6.04 Å². The monoisotopic (exact) mass is 329 g/mol. The topological polar surface area (TPSA) is 61.9 Å². The Morgan fingerprint density at radius 2 is 2.04 bits per heavy atom. The molecule has 3 heterocycles. The zero-order valence-corrected chi connectivity index (χ0v) is 14.0. The third-order valence-corrected chi connectivity index (χ3v) is 5.65. The Balaban J connectivity index is 1.58. The number of likely N-dealkylation sites (N-methyl/N-ethyl adjacent to an activating group) is 1. The minimum Gasteiger partial charge on any atom is -0.381 e. The number of carbonyl (C=O) groups excluding carboxylic acids is 2. The number of hydrogen-bond acceptors (Lipinski definition) is 3. The number of urea groups is 1. The molecule has 0 aromatic heterocycles. The number of anilines is 1. The van der Waals surface area contributed by atoms with Gasteiger partial charge >= 0.3 is 6.03 Å². The summed E-state index contributed by atoms with van der Waals surface area (Å²) in [6.07, 6.45) is 2.54. The summed E-state index contributed by atoms with van der Waals surface area (Å²) in [6, 6.07) is 7.56. The fraction of sp³-hybridized carbons (Fsp3) is 0.556. The van der Waals surface area contributed by atoms with E-state index in [0.29, 0.717) is 19.5 Å². The number of amides is 3. The van der Waals surface area contributed by atoms with Crippen LogP contribution in [-0.4, -0.2) is 56.2 Å². The Bertz CT molecular complexity index is 669. The molecule has 0 unspecified atom stereocenters. The fourth-order valence-corrected chi connectivity index (χ4v) is 4.18. The van der Waals surface area contributed by atoms with Crippen molar-refractivity contribution in [3.05, 3.63) is 29.8 Å². The van der Waals surface area contributed by atoms with Gasteiger partial charge in [-0.15, -0.1) is 0 Å². The number of nitrogens with zero attached hydrogens (tertiary/aromatic N) is 2. The minimum absolute atomic E-state index is 0.00314. The van der Waals surface area contributed by atoms with Gasteiger partial charge in [0.05, 0.1) is 0 Å². The van der Waals surface area contributed by atoms with Crippen LogP contribution in [0.3, 0.4) is 0 Å². The van der Waals surface area contributed by atoms with Crippen molar-refractivity contribution in [2.24, 2.45) is 0 Å². The van der Waals surface area contributed by atoms with E-state index < -0.39 is 6.04 Å². The molecule has 2 saturated heterocycles. The molecule has 6 nitrogen and oxygen atoms in total. The number of hydrogen-bond donors (Lipinski definition) is 1. The van der Waals surface area contributed by atoms with E-state index in [2.05, 4.69) is 11.4 Å². The molecule has 2 fully saturated rings. The first-order chi connectivity index (χ1) is 11.6. The first-order valence-corrected chi connectivity index (χ1v) is 8.61. The van der Waals surface area contributed by atoms with Crippen LogP contribution in [0.5, 0.6) is 0 Å². The minimum atomic E-state index is -0.402. The summed E-state index contributed by atoms with van der Waals surface area (Å²) < 4.78 is 5.53. The van der Waals surface area contributed by atoms with Crippen molar-refractivity contribution < 1.29 is 14.3 Å². The Morgan fingerprint density at radius 3 is 2.75 bits per heavy atom. The van der Waals surface area contributed by atoms with Gasteiger partial charge in [0, 0.05) is 44.5 Å². The molecule has 3 aliphatic rings. The van der Waals surface area contributed by atoms with E-state index in [1.165, 1.54) is 5.56 Å². The van der Waals surface area contributed by atoms with Gasteiger partial charge in [-0.2, -0.15) is 0 Å². The highest BCUT2D eigenvalue weighted by Crippen LogP contribution is 2.46. The van der Waals surface area contributed by atoms with E-state index in [9.17, 15) is 9.59 Å². The standard InChI is InChI=1S/C18H23N3O3/c1-20-9-6-14(16(20)22)19-17(23)21-12-18(7-10-24-11-8-18)13-4-2-3-5-15(13)21/h2-5,14H,6-12H2,1H3,(H,19,23)/t14-/m1/s1. The molecule has 3 amide bonds. The second-order valence-electron chi connectivity index (χ2n) is 7.05. The molecule has 0 bridgehead atoms. The molecule has 1 aromatic rings. The van der Waals surface area contributed by atoms with Crippen LogP contribution in [0, 0.1) is 0 Å². The van der Waals surface area contributed by atoms with Crippen molar-refractivity contribution in [2.45, 2.75) is 30.7 Å². The predicted octanol–water partition coefficient (Wildman–Crippen LogP) is 1.50. The lowest BCUT2D eigenvalue weighted by molar-refractivity contribution is -0.128. The van der Waals surface area contributed by atoms with Crippen molar-refractivity contribution in [1.82, 2.24) is 10.2 Å². The molecule has 0 saturated carbocycles. The number of para-hydroxylation sites is 1. The molecule has 128 valence electrons. The quantitative estimate of drug-likeness (QED) is 0.849. The van der Waals surface area contributed by atoms with Gasteiger partial charge in [-0.05, 0) is 30.9 Å². The summed E-state index contributed by atoms with van der Waals surface area (Å²) in [6.45, 7) is 2.82. The average molecular weight is 329 g/mol. The van der Waals surface area contributed by atoms with E-state index in [-0.39, 0.29) is 17.4 Å². The molecular weight excluding hydrogens is 306 g/mol. The second kappa shape index (κ2) is 5.77. The summed E-state index contributed by atoms with van der Waals surface area (Å²) in [5.74, 6) is -0.00314. The van der Waals surface area contributed by atoms with Crippen LogP contribution < -0.4 is 10.2 Å². The zero-order valence-electron chi connectivity index (χ0n) is 14.0. The van der Waals surface area contributed by atoms with Crippen LogP contribution in [-0.2, 0) is 14.9 Å². The van der Waals surface area contributed by atoms with Crippen LogP contribution in [0.25, 0.3) is 0 Å². The molecule has 1 N–H and O–H groups in total. The summed E-state index contributed by atoms with van der Waals surface area (Å²) in [4.78, 5) is 28.4. The lowest BCUT2D eigenvalue weighted by atomic mass is 9.76. The first-order valence-electron chi connectivity index (χ1n) is 8.61. The third-order valence-electron chi connectivity index (χ3n) is 5.65. The molecule has 3 aliphatic heterocycles. The van der Waals surface area contributed by atoms with Crippen LogP contribution >= 0.6 is 0 Å². The summed E-state index contributed by atoms with van der Waals surface area (Å²) >= 11 is 0.